The molecular weight excluding hydrogens is 324 g/mol. The van der Waals surface area contributed by atoms with Crippen LogP contribution in [-0.4, -0.2) is 25.0 Å². The second-order valence-corrected chi connectivity index (χ2v) is 6.67. The van der Waals surface area contributed by atoms with Crippen molar-refractivity contribution in [3.05, 3.63) is 69.7 Å². The quantitative estimate of drug-likeness (QED) is 0.908. The summed E-state index contributed by atoms with van der Waals surface area (Å²) in [7, 11) is 2.21. The van der Waals surface area contributed by atoms with E-state index in [9.17, 15) is 0 Å². The molecule has 2 aromatic rings. The highest BCUT2D eigenvalue weighted by molar-refractivity contribution is 9.10. The van der Waals surface area contributed by atoms with Crippen LogP contribution in [-0.2, 0) is 13.1 Å². The Balaban J connectivity index is 1.69. The van der Waals surface area contributed by atoms with E-state index in [-0.39, 0.29) is 0 Å². The fraction of sp³-hybridized carbons (Fsp3) is 0.333. The highest BCUT2D eigenvalue weighted by atomic mass is 79.9. The molecule has 1 aliphatic rings. The van der Waals surface area contributed by atoms with E-state index in [1.807, 2.05) is 0 Å². The first-order valence-electron chi connectivity index (χ1n) is 7.44. The van der Waals surface area contributed by atoms with Crippen molar-refractivity contribution in [1.29, 1.82) is 0 Å². The van der Waals surface area contributed by atoms with E-state index in [0.717, 1.165) is 26.2 Å². The normalized spacial score (nSPS) is 17.8. The second-order valence-electron chi connectivity index (χ2n) is 5.81. The number of halogens is 1. The summed E-state index contributed by atoms with van der Waals surface area (Å²) in [6, 6.07) is 17.3. The summed E-state index contributed by atoms with van der Waals surface area (Å²) in [4.78, 5) is 2.41. The highest BCUT2D eigenvalue weighted by Gasteiger charge is 2.20. The number of hydrogen-bond donors (Lipinski definition) is 1. The number of fused-ring (bicyclic) bond motifs is 1. The van der Waals surface area contributed by atoms with Gasteiger partial charge in [0.05, 0.1) is 0 Å². The molecule has 0 radical (unpaired) electrons. The molecule has 0 spiro atoms. The molecule has 0 amide bonds. The third-order valence-corrected chi connectivity index (χ3v) is 4.90. The molecule has 21 heavy (non-hydrogen) atoms. The van der Waals surface area contributed by atoms with Crippen LogP contribution in [0.5, 0.6) is 0 Å². The monoisotopic (exact) mass is 344 g/mol. The lowest BCUT2D eigenvalue weighted by molar-refractivity contribution is 0.293. The average Bonchev–Trinajstić information content (AvgIpc) is 2.50. The maximum atomic E-state index is 3.64. The zero-order chi connectivity index (χ0) is 14.7. The van der Waals surface area contributed by atoms with Gasteiger partial charge in [0.1, 0.15) is 0 Å². The Morgan fingerprint density at radius 1 is 1.14 bits per heavy atom. The molecule has 1 N–H and O–H groups in total. The van der Waals surface area contributed by atoms with E-state index < -0.39 is 0 Å². The lowest BCUT2D eigenvalue weighted by atomic mass is 9.90. The van der Waals surface area contributed by atoms with Crippen molar-refractivity contribution < 1.29 is 0 Å². The topological polar surface area (TPSA) is 15.3 Å². The first-order chi connectivity index (χ1) is 10.2. The molecule has 3 heteroatoms. The van der Waals surface area contributed by atoms with Crippen LogP contribution >= 0.6 is 15.9 Å². The summed E-state index contributed by atoms with van der Waals surface area (Å²) in [5.74, 6) is 0.572. The van der Waals surface area contributed by atoms with Gasteiger partial charge in [0, 0.05) is 36.6 Å². The van der Waals surface area contributed by atoms with Gasteiger partial charge in [-0.1, -0.05) is 58.4 Å². The van der Waals surface area contributed by atoms with Gasteiger partial charge in [-0.25, -0.2) is 0 Å². The van der Waals surface area contributed by atoms with Crippen molar-refractivity contribution in [2.24, 2.45) is 0 Å². The van der Waals surface area contributed by atoms with Crippen LogP contribution < -0.4 is 5.32 Å². The van der Waals surface area contributed by atoms with E-state index in [4.69, 9.17) is 0 Å². The Bertz CT molecular complexity index is 612. The molecule has 0 fully saturated rings. The van der Waals surface area contributed by atoms with Crippen molar-refractivity contribution in [2.45, 2.75) is 19.0 Å². The van der Waals surface area contributed by atoms with Crippen molar-refractivity contribution in [3.63, 3.8) is 0 Å². The first kappa shape index (κ1) is 14.8. The standard InChI is InChI=1S/C18H21BrN2/c1-21(12-15-7-3-5-9-18(15)19)13-16-11-20-10-14-6-2-4-8-17(14)16/h2-9,16,20H,10-13H2,1H3. The third-order valence-electron chi connectivity index (χ3n) is 4.13. The molecule has 0 saturated carbocycles. The fourth-order valence-electron chi connectivity index (χ4n) is 3.11. The molecule has 2 aromatic carbocycles. The van der Waals surface area contributed by atoms with E-state index in [1.54, 1.807) is 0 Å². The Morgan fingerprint density at radius 3 is 2.76 bits per heavy atom. The number of likely N-dealkylation sites (N-methyl/N-ethyl adjacent to an activating group) is 1. The van der Waals surface area contributed by atoms with Crippen molar-refractivity contribution in [3.8, 4) is 0 Å². The summed E-state index contributed by atoms with van der Waals surface area (Å²) in [5.41, 5.74) is 4.30. The smallest absolute Gasteiger partial charge is 0.0242 e. The summed E-state index contributed by atoms with van der Waals surface area (Å²) in [5, 5.41) is 3.54. The summed E-state index contributed by atoms with van der Waals surface area (Å²) < 4.78 is 1.19. The van der Waals surface area contributed by atoms with Gasteiger partial charge in [0.2, 0.25) is 0 Å². The third kappa shape index (κ3) is 3.54. The molecule has 110 valence electrons. The van der Waals surface area contributed by atoms with Crippen LogP contribution in [0.25, 0.3) is 0 Å². The molecule has 2 nitrogen and oxygen atoms in total. The summed E-state index contributed by atoms with van der Waals surface area (Å²) in [6.07, 6.45) is 0. The van der Waals surface area contributed by atoms with Crippen LogP contribution in [0.1, 0.15) is 22.6 Å². The molecule has 1 heterocycles. The van der Waals surface area contributed by atoms with Crippen LogP contribution in [0.3, 0.4) is 0 Å². The van der Waals surface area contributed by atoms with Crippen LogP contribution in [0, 0.1) is 0 Å². The molecule has 1 unspecified atom stereocenters. The van der Waals surface area contributed by atoms with Crippen LogP contribution in [0.2, 0.25) is 0 Å². The van der Waals surface area contributed by atoms with Gasteiger partial charge in [0.15, 0.2) is 0 Å². The minimum atomic E-state index is 0.572. The Morgan fingerprint density at radius 2 is 1.90 bits per heavy atom. The fourth-order valence-corrected chi connectivity index (χ4v) is 3.52. The summed E-state index contributed by atoms with van der Waals surface area (Å²) in [6.45, 7) is 4.11. The van der Waals surface area contributed by atoms with Gasteiger partial charge >= 0.3 is 0 Å². The minimum Gasteiger partial charge on any atom is -0.312 e. The van der Waals surface area contributed by atoms with Gasteiger partial charge in [-0.15, -0.1) is 0 Å². The van der Waals surface area contributed by atoms with Crippen molar-refractivity contribution >= 4 is 15.9 Å². The predicted molar refractivity (Wildman–Crippen MR) is 91.4 cm³/mol. The SMILES string of the molecule is CN(Cc1ccccc1Br)CC1CNCc2ccccc21. The highest BCUT2D eigenvalue weighted by Crippen LogP contribution is 2.25. The van der Waals surface area contributed by atoms with Gasteiger partial charge in [-0.2, -0.15) is 0 Å². The Kier molecular flexibility index (Phi) is 4.73. The number of benzene rings is 2. The Labute approximate surface area is 135 Å². The Hall–Kier alpha value is -1.16. The van der Waals surface area contributed by atoms with E-state index >= 15 is 0 Å². The first-order valence-corrected chi connectivity index (χ1v) is 8.24. The van der Waals surface area contributed by atoms with E-state index in [0.29, 0.717) is 5.92 Å². The van der Waals surface area contributed by atoms with Gasteiger partial charge in [-0.05, 0) is 29.8 Å². The lowest BCUT2D eigenvalue weighted by Crippen LogP contribution is -2.35. The van der Waals surface area contributed by atoms with E-state index in [2.05, 4.69) is 81.7 Å². The summed E-state index contributed by atoms with van der Waals surface area (Å²) >= 11 is 3.64. The van der Waals surface area contributed by atoms with Crippen LogP contribution in [0.4, 0.5) is 0 Å². The molecule has 0 saturated heterocycles. The number of rotatable bonds is 4. The zero-order valence-corrected chi connectivity index (χ0v) is 13.9. The van der Waals surface area contributed by atoms with Gasteiger partial charge in [0.25, 0.3) is 0 Å². The maximum absolute atomic E-state index is 3.64. The molecular formula is C18H21BrN2. The van der Waals surface area contributed by atoms with Crippen LogP contribution in [0.15, 0.2) is 53.0 Å². The maximum Gasteiger partial charge on any atom is 0.0242 e. The zero-order valence-electron chi connectivity index (χ0n) is 12.3. The van der Waals surface area contributed by atoms with E-state index in [1.165, 1.54) is 21.2 Å². The molecule has 1 atom stereocenters. The largest absolute Gasteiger partial charge is 0.312 e. The van der Waals surface area contributed by atoms with Gasteiger partial charge in [-0.3, -0.25) is 0 Å². The molecule has 1 aliphatic heterocycles. The molecule has 0 aromatic heterocycles. The minimum absolute atomic E-state index is 0.572. The molecule has 0 aliphatic carbocycles. The second kappa shape index (κ2) is 6.73. The lowest BCUT2D eigenvalue weighted by Gasteiger charge is -2.30. The number of nitrogens with zero attached hydrogens (tertiary/aromatic N) is 1. The average molecular weight is 345 g/mol. The van der Waals surface area contributed by atoms with Crippen molar-refractivity contribution in [1.82, 2.24) is 10.2 Å². The van der Waals surface area contributed by atoms with Gasteiger partial charge < -0.3 is 10.2 Å². The number of nitrogens with one attached hydrogen (secondary N) is 1. The molecule has 0 bridgehead atoms. The predicted octanol–water partition coefficient (Wildman–Crippen LogP) is 3.77. The molecule has 3 rings (SSSR count). The number of hydrogen-bond acceptors (Lipinski definition) is 2. The van der Waals surface area contributed by atoms with Crippen molar-refractivity contribution in [2.75, 3.05) is 20.1 Å².